The number of sulfonamides is 1. The van der Waals surface area contributed by atoms with Gasteiger partial charge in [-0.1, -0.05) is 12.5 Å². The number of carbonyl (C=O) groups excluding carboxylic acids is 1. The van der Waals surface area contributed by atoms with E-state index >= 15 is 4.79 Å². The zero-order valence-electron chi connectivity index (χ0n) is 27.0. The minimum atomic E-state index is -4.45. The summed E-state index contributed by atoms with van der Waals surface area (Å²) >= 11 is 0. The number of rotatable bonds is 9. The van der Waals surface area contributed by atoms with Gasteiger partial charge in [0.1, 0.15) is 17.8 Å². The molecule has 7 rings (SSSR count). The highest BCUT2D eigenvalue weighted by atomic mass is 32.2. The summed E-state index contributed by atoms with van der Waals surface area (Å²) in [6.45, 7) is 3.06. The van der Waals surface area contributed by atoms with E-state index in [1.807, 2.05) is 23.1 Å². The highest BCUT2D eigenvalue weighted by Gasteiger charge is 2.63. The Balaban J connectivity index is 1.50. The number of nitriles is 1. The maximum atomic E-state index is 15.6. The predicted octanol–water partition coefficient (Wildman–Crippen LogP) is 5.37. The van der Waals surface area contributed by atoms with Crippen LogP contribution >= 0.6 is 0 Å². The topological polar surface area (TPSA) is 129 Å². The summed E-state index contributed by atoms with van der Waals surface area (Å²) in [7, 11) is -1.40. The molecule has 2 fully saturated rings. The highest BCUT2D eigenvalue weighted by molar-refractivity contribution is 7.93. The molecular weight excluding hydrogens is 630 g/mol. The minimum absolute atomic E-state index is 0.0701. The average Bonchev–Trinajstić information content (AvgIpc) is 3.87. The van der Waals surface area contributed by atoms with Crippen molar-refractivity contribution in [2.45, 2.75) is 55.1 Å². The summed E-state index contributed by atoms with van der Waals surface area (Å²) in [5.74, 6) is 0.657. The van der Waals surface area contributed by atoms with Gasteiger partial charge in [0.25, 0.3) is 15.9 Å². The molecule has 0 aliphatic carbocycles. The number of aromatic nitrogens is 1. The Kier molecular flexibility index (Phi) is 8.45. The molecule has 0 N–H and O–H groups in total. The summed E-state index contributed by atoms with van der Waals surface area (Å²) < 4.78 is 47.2. The van der Waals surface area contributed by atoms with E-state index in [2.05, 4.69) is 16.0 Å². The number of hydrogen-bond donors (Lipinski definition) is 0. The first kappa shape index (κ1) is 31.9. The predicted molar refractivity (Wildman–Crippen MR) is 177 cm³/mol. The van der Waals surface area contributed by atoms with Crippen LogP contribution in [0, 0.1) is 11.3 Å². The molecule has 2 saturated heterocycles. The van der Waals surface area contributed by atoms with Gasteiger partial charge in [-0.25, -0.2) is 17.7 Å². The molecule has 2 unspecified atom stereocenters. The monoisotopic (exact) mass is 667 g/mol. The number of amides is 1. The molecule has 0 radical (unpaired) electrons. The van der Waals surface area contributed by atoms with Crippen molar-refractivity contribution in [3.05, 3.63) is 101 Å². The fourth-order valence-electron chi connectivity index (χ4n) is 7.56. The third-order valence-electron chi connectivity index (χ3n) is 9.75. The Labute approximate surface area is 280 Å². The molecule has 0 spiro atoms. The maximum absolute atomic E-state index is 15.6. The summed E-state index contributed by atoms with van der Waals surface area (Å²) in [6.07, 6.45) is 7.85. The second-order valence-corrected chi connectivity index (χ2v) is 14.2. The second-order valence-electron chi connectivity index (χ2n) is 12.4. The van der Waals surface area contributed by atoms with Gasteiger partial charge in [0.05, 0.1) is 48.7 Å². The third kappa shape index (κ3) is 5.13. The van der Waals surface area contributed by atoms with Crippen molar-refractivity contribution in [2.24, 2.45) is 0 Å². The number of ether oxygens (including phenoxy) is 2. The van der Waals surface area contributed by atoms with Gasteiger partial charge in [-0.15, -0.1) is 0 Å². The number of benzene rings is 3. The number of piperidine rings is 1. The number of oxazole rings is 1. The molecule has 48 heavy (non-hydrogen) atoms. The van der Waals surface area contributed by atoms with Crippen LogP contribution in [0.15, 0.2) is 82.4 Å². The maximum Gasteiger partial charge on any atom is 0.271 e. The first-order valence-corrected chi connectivity index (χ1v) is 17.6. The van der Waals surface area contributed by atoms with Gasteiger partial charge < -0.3 is 13.9 Å². The Morgan fingerprint density at radius 2 is 1.75 bits per heavy atom. The van der Waals surface area contributed by atoms with Gasteiger partial charge in [0.2, 0.25) is 5.89 Å². The van der Waals surface area contributed by atoms with Crippen molar-refractivity contribution < 1.29 is 27.1 Å². The van der Waals surface area contributed by atoms with Gasteiger partial charge in [-0.2, -0.15) is 5.26 Å². The molecule has 4 heterocycles. The molecule has 248 valence electrons. The molecule has 2 atom stereocenters. The number of methoxy groups -OCH3 is 2. The zero-order valence-corrected chi connectivity index (χ0v) is 27.8. The van der Waals surface area contributed by atoms with Crippen molar-refractivity contribution in [1.29, 1.82) is 5.26 Å². The standard InChI is InChI=1S/C36H37N5O6S/c1-45-27-10-12-28(13-11-27)48(43,44)41-31-14-8-25(23-37)21-29(31)36(35(41)42,40-19-6-7-32(40)34-38-16-20-47-34)30-22-26(9-15-33(30)46-2)24-39-17-4-3-5-18-39/h8-16,20-22,32H,3-7,17-19,24H2,1-2H3. The van der Waals surface area contributed by atoms with Crippen LogP contribution in [0.25, 0.3) is 0 Å². The van der Waals surface area contributed by atoms with E-state index in [-0.39, 0.29) is 10.6 Å². The van der Waals surface area contributed by atoms with E-state index in [0.29, 0.717) is 60.0 Å². The summed E-state index contributed by atoms with van der Waals surface area (Å²) in [5.41, 5.74) is 0.630. The number of likely N-dealkylation sites (tertiary alicyclic amines) is 2. The number of carbonyl (C=O) groups is 1. The van der Waals surface area contributed by atoms with Crippen LogP contribution in [0.3, 0.4) is 0 Å². The Bertz CT molecular complexity index is 1970. The second kappa shape index (κ2) is 12.7. The van der Waals surface area contributed by atoms with Crippen molar-refractivity contribution >= 4 is 21.6 Å². The normalized spacial score (nSPS) is 21.6. The van der Waals surface area contributed by atoms with Crippen molar-refractivity contribution in [3.63, 3.8) is 0 Å². The lowest BCUT2D eigenvalue weighted by Gasteiger charge is -2.41. The fraction of sp³-hybridized carbons (Fsp3) is 0.361. The van der Waals surface area contributed by atoms with Crippen molar-refractivity contribution in [2.75, 3.05) is 38.2 Å². The lowest BCUT2D eigenvalue weighted by molar-refractivity contribution is -0.127. The molecule has 4 aromatic rings. The number of fused-ring (bicyclic) bond motifs is 1. The SMILES string of the molecule is COc1ccc(S(=O)(=O)N2C(=O)C(c3cc(CN4CCCCC4)ccc3OC)(N3CCCC3c3ncco3)c3cc(C#N)ccc32)cc1. The Morgan fingerprint density at radius 3 is 2.44 bits per heavy atom. The molecule has 12 heteroatoms. The summed E-state index contributed by atoms with van der Waals surface area (Å²) in [4.78, 5) is 24.4. The van der Waals surface area contributed by atoms with Gasteiger partial charge in [-0.05, 0) is 98.9 Å². The highest BCUT2D eigenvalue weighted by Crippen LogP contribution is 2.56. The van der Waals surface area contributed by atoms with Gasteiger partial charge in [-0.3, -0.25) is 14.6 Å². The molecule has 0 bridgehead atoms. The van der Waals surface area contributed by atoms with Crippen molar-refractivity contribution in [3.8, 4) is 17.6 Å². The lowest BCUT2D eigenvalue weighted by atomic mass is 9.79. The average molecular weight is 668 g/mol. The molecule has 0 saturated carbocycles. The van der Waals surface area contributed by atoms with E-state index in [0.717, 1.165) is 35.8 Å². The van der Waals surface area contributed by atoms with E-state index in [1.54, 1.807) is 37.6 Å². The molecule has 11 nitrogen and oxygen atoms in total. The summed E-state index contributed by atoms with van der Waals surface area (Å²) in [6, 6.07) is 18.3. The van der Waals surface area contributed by atoms with Gasteiger partial charge >= 0.3 is 0 Å². The molecule has 1 amide bonds. The summed E-state index contributed by atoms with van der Waals surface area (Å²) in [5, 5.41) is 10.1. The molecule has 3 aromatic carbocycles. The van der Waals surface area contributed by atoms with E-state index < -0.39 is 27.5 Å². The van der Waals surface area contributed by atoms with Crippen molar-refractivity contribution in [1.82, 2.24) is 14.8 Å². The van der Waals surface area contributed by atoms with Crippen LogP contribution in [0.1, 0.15) is 66.3 Å². The number of nitrogens with zero attached hydrogens (tertiary/aromatic N) is 5. The van der Waals surface area contributed by atoms with Crippen LogP contribution in [-0.2, 0) is 26.9 Å². The third-order valence-corrected chi connectivity index (χ3v) is 11.5. The molecule has 1 aromatic heterocycles. The molecule has 3 aliphatic heterocycles. The quantitative estimate of drug-likeness (QED) is 0.230. The van der Waals surface area contributed by atoms with Crippen LogP contribution in [0.5, 0.6) is 11.5 Å². The molecular formula is C36H37N5O6S. The van der Waals surface area contributed by atoms with E-state index in [1.165, 1.54) is 38.0 Å². The van der Waals surface area contributed by atoms with Crippen LogP contribution in [-0.4, -0.2) is 63.0 Å². The van der Waals surface area contributed by atoms with Crippen LogP contribution in [0.2, 0.25) is 0 Å². The number of hydrogen-bond acceptors (Lipinski definition) is 10. The fourth-order valence-corrected chi connectivity index (χ4v) is 9.02. The van der Waals surface area contributed by atoms with Gasteiger partial charge in [0, 0.05) is 24.2 Å². The Morgan fingerprint density at radius 1 is 0.958 bits per heavy atom. The lowest BCUT2D eigenvalue weighted by Crippen LogP contribution is -2.54. The van der Waals surface area contributed by atoms with Crippen LogP contribution in [0.4, 0.5) is 5.69 Å². The van der Waals surface area contributed by atoms with Gasteiger partial charge in [0.15, 0.2) is 5.54 Å². The van der Waals surface area contributed by atoms with Crippen LogP contribution < -0.4 is 13.8 Å². The first-order chi connectivity index (χ1) is 23.3. The largest absolute Gasteiger partial charge is 0.497 e. The molecule has 3 aliphatic rings. The number of anilines is 1. The zero-order chi connectivity index (χ0) is 33.5. The van der Waals surface area contributed by atoms with E-state index in [4.69, 9.17) is 13.9 Å². The minimum Gasteiger partial charge on any atom is -0.497 e. The Hall–Kier alpha value is -4.70. The van der Waals surface area contributed by atoms with E-state index in [9.17, 15) is 13.7 Å². The smallest absolute Gasteiger partial charge is 0.271 e. The first-order valence-electron chi connectivity index (χ1n) is 16.2.